The lowest BCUT2D eigenvalue weighted by Gasteiger charge is -2.31. The highest BCUT2D eigenvalue weighted by molar-refractivity contribution is 5.83. The van der Waals surface area contributed by atoms with Crippen molar-refractivity contribution in [2.45, 2.75) is 50.6 Å². The Labute approximate surface area is 103 Å². The maximum Gasteiger partial charge on any atom is 0.240 e. The number of fused-ring (bicyclic) bond motifs is 3. The van der Waals surface area contributed by atoms with Crippen molar-refractivity contribution >= 4 is 5.91 Å². The lowest BCUT2D eigenvalue weighted by molar-refractivity contribution is -0.135. The molecule has 0 aromatic carbocycles. The van der Waals surface area contributed by atoms with Crippen LogP contribution in [0.25, 0.3) is 0 Å². The molecule has 2 bridgehead atoms. The third-order valence-corrected chi connectivity index (χ3v) is 5.70. The predicted octanol–water partition coefficient (Wildman–Crippen LogP) is 1.39. The van der Waals surface area contributed by atoms with Crippen molar-refractivity contribution in [3.8, 4) is 0 Å². The summed E-state index contributed by atoms with van der Waals surface area (Å²) < 4.78 is 0. The molecule has 2 aliphatic carbocycles. The van der Waals surface area contributed by atoms with E-state index in [4.69, 9.17) is 0 Å². The molecule has 2 saturated carbocycles. The zero-order chi connectivity index (χ0) is 11.4. The monoisotopic (exact) mass is 234 g/mol. The molecule has 3 heteroatoms. The van der Waals surface area contributed by atoms with Crippen LogP contribution in [0.5, 0.6) is 0 Å². The van der Waals surface area contributed by atoms with E-state index in [0.717, 1.165) is 24.9 Å². The number of amides is 1. The summed E-state index contributed by atoms with van der Waals surface area (Å²) in [5.74, 6) is 2.71. The number of carbonyl (C=O) groups excluding carboxylic acids is 1. The van der Waals surface area contributed by atoms with Gasteiger partial charge in [0, 0.05) is 12.6 Å². The average Bonchev–Trinajstić information content (AvgIpc) is 3.07. The summed E-state index contributed by atoms with van der Waals surface area (Å²) in [6, 6.07) is 0.761. The van der Waals surface area contributed by atoms with Gasteiger partial charge in [-0.1, -0.05) is 6.42 Å². The quantitative estimate of drug-likeness (QED) is 0.743. The molecule has 0 aromatic rings. The fraction of sp³-hybridized carbons (Fsp3) is 0.929. The Balaban J connectivity index is 1.50. The Morgan fingerprint density at radius 2 is 2.12 bits per heavy atom. The molecule has 5 atom stereocenters. The summed E-state index contributed by atoms with van der Waals surface area (Å²) in [5.41, 5.74) is 0. The van der Waals surface area contributed by atoms with Crippen molar-refractivity contribution in [3.63, 3.8) is 0 Å². The zero-order valence-corrected chi connectivity index (χ0v) is 10.4. The van der Waals surface area contributed by atoms with Crippen LogP contribution in [0.1, 0.15) is 38.5 Å². The maximum atomic E-state index is 12.6. The van der Waals surface area contributed by atoms with Crippen LogP contribution in [0.4, 0.5) is 0 Å². The first-order chi connectivity index (χ1) is 8.33. The van der Waals surface area contributed by atoms with Gasteiger partial charge in [0.2, 0.25) is 5.91 Å². The molecule has 0 spiro atoms. The second-order valence-electron chi connectivity index (χ2n) is 6.56. The average molecular weight is 234 g/mol. The van der Waals surface area contributed by atoms with E-state index in [0.29, 0.717) is 17.9 Å². The molecule has 1 amide bonds. The van der Waals surface area contributed by atoms with Crippen LogP contribution in [0, 0.1) is 17.8 Å². The van der Waals surface area contributed by atoms with Crippen molar-refractivity contribution in [1.29, 1.82) is 0 Å². The van der Waals surface area contributed by atoms with Crippen LogP contribution < -0.4 is 5.32 Å². The van der Waals surface area contributed by atoms with E-state index in [1.807, 2.05) is 0 Å². The minimum atomic E-state index is 0.168. The first-order valence-corrected chi connectivity index (χ1v) is 7.37. The van der Waals surface area contributed by atoms with Crippen LogP contribution >= 0.6 is 0 Å². The molecule has 4 rings (SSSR count). The number of carbonyl (C=O) groups is 1. The van der Waals surface area contributed by atoms with Crippen LogP contribution in [-0.2, 0) is 4.79 Å². The van der Waals surface area contributed by atoms with Crippen LogP contribution in [0.2, 0.25) is 0 Å². The number of likely N-dealkylation sites (tertiary alicyclic amines) is 1. The summed E-state index contributed by atoms with van der Waals surface area (Å²) in [4.78, 5) is 14.9. The molecule has 0 aromatic heterocycles. The van der Waals surface area contributed by atoms with Gasteiger partial charge in [-0.25, -0.2) is 0 Å². The minimum absolute atomic E-state index is 0.168. The first kappa shape index (κ1) is 10.4. The normalized spacial score (nSPS) is 47.8. The molecule has 94 valence electrons. The fourth-order valence-electron chi connectivity index (χ4n) is 4.83. The molecular formula is C14H22N2O. The van der Waals surface area contributed by atoms with E-state index < -0.39 is 0 Å². The highest BCUT2D eigenvalue weighted by atomic mass is 16.2. The number of hydrogen-bond donors (Lipinski definition) is 1. The van der Waals surface area contributed by atoms with Gasteiger partial charge in [-0.3, -0.25) is 4.79 Å². The Morgan fingerprint density at radius 3 is 2.88 bits per heavy atom. The second kappa shape index (κ2) is 3.71. The Bertz CT molecular complexity index is 343. The molecule has 2 saturated heterocycles. The molecule has 4 fully saturated rings. The smallest absolute Gasteiger partial charge is 0.240 e. The standard InChI is InChI=1S/C14H22N2O/c17-14(16-8-9-4-5-11(16)6-9)13-12-3-1-2-10(12)7-15-13/h9-13,15H,1-8H2. The van der Waals surface area contributed by atoms with Gasteiger partial charge in [-0.2, -0.15) is 0 Å². The third-order valence-electron chi connectivity index (χ3n) is 5.70. The summed E-state index contributed by atoms with van der Waals surface area (Å²) >= 11 is 0. The van der Waals surface area contributed by atoms with E-state index >= 15 is 0 Å². The number of piperidine rings is 1. The van der Waals surface area contributed by atoms with Gasteiger partial charge in [0.15, 0.2) is 0 Å². The van der Waals surface area contributed by atoms with Crippen LogP contribution in [0.3, 0.4) is 0 Å². The summed E-state index contributed by atoms with van der Waals surface area (Å²) in [5, 5.41) is 3.50. The molecule has 2 aliphatic heterocycles. The van der Waals surface area contributed by atoms with Gasteiger partial charge in [0.1, 0.15) is 0 Å². The van der Waals surface area contributed by atoms with Gasteiger partial charge >= 0.3 is 0 Å². The molecule has 5 unspecified atom stereocenters. The van der Waals surface area contributed by atoms with Gasteiger partial charge < -0.3 is 10.2 Å². The molecule has 4 aliphatic rings. The van der Waals surface area contributed by atoms with Gasteiger partial charge in [-0.15, -0.1) is 0 Å². The molecule has 3 nitrogen and oxygen atoms in total. The first-order valence-electron chi connectivity index (χ1n) is 7.37. The Hall–Kier alpha value is -0.570. The number of rotatable bonds is 1. The van der Waals surface area contributed by atoms with Crippen LogP contribution in [0.15, 0.2) is 0 Å². The number of hydrogen-bond acceptors (Lipinski definition) is 2. The van der Waals surface area contributed by atoms with Gasteiger partial charge in [0.05, 0.1) is 6.04 Å². The summed E-state index contributed by atoms with van der Waals surface area (Å²) in [6.45, 7) is 2.14. The van der Waals surface area contributed by atoms with E-state index in [2.05, 4.69) is 10.2 Å². The Kier molecular flexibility index (Phi) is 2.26. The predicted molar refractivity (Wildman–Crippen MR) is 65.5 cm³/mol. The summed E-state index contributed by atoms with van der Waals surface area (Å²) in [6.07, 6.45) is 7.86. The molecule has 17 heavy (non-hydrogen) atoms. The molecular weight excluding hydrogens is 212 g/mol. The van der Waals surface area contributed by atoms with E-state index in [-0.39, 0.29) is 6.04 Å². The fourth-order valence-corrected chi connectivity index (χ4v) is 4.83. The van der Waals surface area contributed by atoms with Crippen molar-refractivity contribution in [2.75, 3.05) is 13.1 Å². The zero-order valence-electron chi connectivity index (χ0n) is 10.4. The van der Waals surface area contributed by atoms with Crippen molar-refractivity contribution in [3.05, 3.63) is 0 Å². The van der Waals surface area contributed by atoms with E-state index in [9.17, 15) is 4.79 Å². The Morgan fingerprint density at radius 1 is 1.18 bits per heavy atom. The van der Waals surface area contributed by atoms with E-state index in [1.54, 1.807) is 0 Å². The highest BCUT2D eigenvalue weighted by Crippen LogP contribution is 2.41. The molecule has 0 radical (unpaired) electrons. The molecule has 2 heterocycles. The third kappa shape index (κ3) is 1.48. The summed E-state index contributed by atoms with van der Waals surface area (Å²) in [7, 11) is 0. The van der Waals surface area contributed by atoms with Crippen molar-refractivity contribution in [1.82, 2.24) is 10.2 Å². The van der Waals surface area contributed by atoms with Crippen molar-refractivity contribution < 1.29 is 4.79 Å². The topological polar surface area (TPSA) is 32.3 Å². The lowest BCUT2D eigenvalue weighted by atomic mass is 9.93. The van der Waals surface area contributed by atoms with Gasteiger partial charge in [0.25, 0.3) is 0 Å². The van der Waals surface area contributed by atoms with Gasteiger partial charge in [-0.05, 0) is 56.4 Å². The molecule has 1 N–H and O–H groups in total. The highest BCUT2D eigenvalue weighted by Gasteiger charge is 2.48. The second-order valence-corrected chi connectivity index (χ2v) is 6.56. The lowest BCUT2D eigenvalue weighted by Crippen LogP contribution is -2.49. The van der Waals surface area contributed by atoms with Crippen LogP contribution in [-0.4, -0.2) is 36.0 Å². The largest absolute Gasteiger partial charge is 0.338 e. The van der Waals surface area contributed by atoms with Crippen molar-refractivity contribution in [2.24, 2.45) is 17.8 Å². The number of nitrogens with zero attached hydrogens (tertiary/aromatic N) is 1. The minimum Gasteiger partial charge on any atom is -0.338 e. The van der Waals surface area contributed by atoms with E-state index in [1.165, 1.54) is 38.5 Å². The maximum absolute atomic E-state index is 12.6. The number of nitrogens with one attached hydrogen (secondary N) is 1. The SMILES string of the molecule is O=C(C1NCC2CCCC21)N1CC2CCC1C2.